The minimum atomic E-state index is -3.53. The number of nitrogens with zero attached hydrogens (tertiary/aromatic N) is 2. The second-order valence-electron chi connectivity index (χ2n) is 5.71. The summed E-state index contributed by atoms with van der Waals surface area (Å²) >= 11 is 0. The molecule has 0 aliphatic rings. The van der Waals surface area contributed by atoms with Crippen molar-refractivity contribution in [1.82, 2.24) is 14.5 Å². The first-order valence-corrected chi connectivity index (χ1v) is 8.28. The summed E-state index contributed by atoms with van der Waals surface area (Å²) in [6.45, 7) is 9.31. The number of rotatable bonds is 7. The van der Waals surface area contributed by atoms with Crippen molar-refractivity contribution in [1.29, 1.82) is 0 Å². The summed E-state index contributed by atoms with van der Waals surface area (Å²) in [7, 11) is -1.80. The van der Waals surface area contributed by atoms with Gasteiger partial charge in [0, 0.05) is 38.4 Å². The predicted octanol–water partition coefficient (Wildman–Crippen LogP) is 1.42. The molecule has 0 bridgehead atoms. The van der Waals surface area contributed by atoms with E-state index in [0.29, 0.717) is 31.9 Å². The van der Waals surface area contributed by atoms with Gasteiger partial charge in [0.2, 0.25) is 10.0 Å². The second kappa shape index (κ2) is 6.69. The van der Waals surface area contributed by atoms with Crippen molar-refractivity contribution in [2.45, 2.75) is 44.4 Å². The minimum absolute atomic E-state index is 0.254. The van der Waals surface area contributed by atoms with Gasteiger partial charge in [0.05, 0.1) is 5.69 Å². The summed E-state index contributed by atoms with van der Waals surface area (Å²) in [4.78, 5) is 0.254. The van der Waals surface area contributed by atoms with Crippen molar-refractivity contribution in [3.63, 3.8) is 0 Å². The van der Waals surface area contributed by atoms with Crippen molar-refractivity contribution in [2.75, 3.05) is 19.8 Å². The third kappa shape index (κ3) is 4.57. The predicted molar refractivity (Wildman–Crippen MR) is 78.2 cm³/mol. The number of ether oxygens (including phenoxy) is 1. The highest BCUT2D eigenvalue weighted by Crippen LogP contribution is 2.27. The third-order valence-electron chi connectivity index (χ3n) is 2.76. The normalized spacial score (nSPS) is 12.8. The Balaban J connectivity index is 2.83. The van der Waals surface area contributed by atoms with Crippen LogP contribution < -0.4 is 4.72 Å². The van der Waals surface area contributed by atoms with E-state index in [1.165, 1.54) is 4.68 Å². The van der Waals surface area contributed by atoms with E-state index in [9.17, 15) is 8.42 Å². The summed E-state index contributed by atoms with van der Waals surface area (Å²) in [6.07, 6.45) is 2.20. The maximum Gasteiger partial charge on any atom is 0.243 e. The first kappa shape index (κ1) is 17.1. The molecule has 0 aliphatic heterocycles. The highest BCUT2D eigenvalue weighted by molar-refractivity contribution is 7.89. The summed E-state index contributed by atoms with van der Waals surface area (Å²) < 4.78 is 34.0. The highest BCUT2D eigenvalue weighted by atomic mass is 32.2. The van der Waals surface area contributed by atoms with Gasteiger partial charge in [-0.15, -0.1) is 0 Å². The molecular formula is C13H25N3O3S. The molecule has 1 N–H and O–H groups in total. The summed E-state index contributed by atoms with van der Waals surface area (Å²) in [5.41, 5.74) is 0.258. The Hall–Kier alpha value is -0.920. The molecule has 0 saturated heterocycles. The Morgan fingerprint density at radius 2 is 2.05 bits per heavy atom. The lowest BCUT2D eigenvalue weighted by Crippen LogP contribution is -2.28. The first-order valence-electron chi connectivity index (χ1n) is 6.80. The Morgan fingerprint density at radius 3 is 2.60 bits per heavy atom. The van der Waals surface area contributed by atoms with Gasteiger partial charge in [0.1, 0.15) is 4.90 Å². The van der Waals surface area contributed by atoms with Gasteiger partial charge in [-0.3, -0.25) is 4.68 Å². The SMILES string of the molecule is CCOCCCNS(=O)(=O)c1cn(C)nc1C(C)(C)C. The van der Waals surface area contributed by atoms with Crippen LogP contribution in [0.4, 0.5) is 0 Å². The Bertz CT molecular complexity index is 530. The third-order valence-corrected chi connectivity index (χ3v) is 4.22. The number of aryl methyl sites for hydroxylation is 1. The van der Waals surface area contributed by atoms with Crippen molar-refractivity contribution in [2.24, 2.45) is 7.05 Å². The Labute approximate surface area is 121 Å². The molecule has 116 valence electrons. The minimum Gasteiger partial charge on any atom is -0.382 e. The number of nitrogens with one attached hydrogen (secondary N) is 1. The number of aromatic nitrogens is 2. The van der Waals surface area contributed by atoms with Gasteiger partial charge >= 0.3 is 0 Å². The van der Waals surface area contributed by atoms with Gasteiger partial charge < -0.3 is 4.74 Å². The molecule has 7 heteroatoms. The molecule has 6 nitrogen and oxygen atoms in total. The highest BCUT2D eigenvalue weighted by Gasteiger charge is 2.29. The monoisotopic (exact) mass is 303 g/mol. The Kier molecular flexibility index (Phi) is 5.73. The lowest BCUT2D eigenvalue weighted by Gasteiger charge is -2.17. The zero-order valence-corrected chi connectivity index (χ0v) is 13.7. The topological polar surface area (TPSA) is 73.2 Å². The van der Waals surface area contributed by atoms with E-state index < -0.39 is 10.0 Å². The van der Waals surface area contributed by atoms with E-state index in [0.717, 1.165) is 0 Å². The number of hydrogen-bond acceptors (Lipinski definition) is 4. The van der Waals surface area contributed by atoms with Gasteiger partial charge in [-0.1, -0.05) is 20.8 Å². The molecule has 1 aromatic rings. The van der Waals surface area contributed by atoms with Crippen molar-refractivity contribution in [3.8, 4) is 0 Å². The van der Waals surface area contributed by atoms with Crippen LogP contribution in [0.3, 0.4) is 0 Å². The van der Waals surface area contributed by atoms with Crippen LogP contribution in [0.15, 0.2) is 11.1 Å². The molecule has 0 radical (unpaired) electrons. The zero-order chi connectivity index (χ0) is 15.4. The van der Waals surface area contributed by atoms with Crippen LogP contribution in [0.5, 0.6) is 0 Å². The molecule has 20 heavy (non-hydrogen) atoms. The van der Waals surface area contributed by atoms with Gasteiger partial charge in [0.25, 0.3) is 0 Å². The fraction of sp³-hybridized carbons (Fsp3) is 0.769. The van der Waals surface area contributed by atoms with Crippen LogP contribution in [-0.2, 0) is 27.2 Å². The largest absolute Gasteiger partial charge is 0.382 e. The van der Waals surface area contributed by atoms with Gasteiger partial charge in [-0.05, 0) is 13.3 Å². The van der Waals surface area contributed by atoms with Crippen LogP contribution in [0.25, 0.3) is 0 Å². The standard InChI is InChI=1S/C13H25N3O3S/c1-6-19-9-7-8-14-20(17,18)11-10-16(5)15-12(11)13(2,3)4/h10,14H,6-9H2,1-5H3. The lowest BCUT2D eigenvalue weighted by atomic mass is 9.92. The van der Waals surface area contributed by atoms with Crippen molar-refractivity contribution in [3.05, 3.63) is 11.9 Å². The molecule has 0 fully saturated rings. The van der Waals surface area contributed by atoms with Crippen LogP contribution >= 0.6 is 0 Å². The summed E-state index contributed by atoms with van der Waals surface area (Å²) in [5, 5.41) is 4.28. The zero-order valence-electron chi connectivity index (χ0n) is 12.9. The Morgan fingerprint density at radius 1 is 1.40 bits per heavy atom. The van der Waals surface area contributed by atoms with Crippen molar-refractivity contribution >= 4 is 10.0 Å². The summed E-state index contributed by atoms with van der Waals surface area (Å²) in [5.74, 6) is 0. The molecule has 0 spiro atoms. The molecule has 0 aromatic carbocycles. The molecule has 0 aliphatic carbocycles. The van der Waals surface area contributed by atoms with Gasteiger partial charge in [-0.25, -0.2) is 13.1 Å². The van der Waals surface area contributed by atoms with E-state index in [1.807, 2.05) is 27.7 Å². The fourth-order valence-corrected chi connectivity index (χ4v) is 3.25. The van der Waals surface area contributed by atoms with E-state index in [2.05, 4.69) is 9.82 Å². The molecule has 1 heterocycles. The molecule has 1 rings (SSSR count). The average Bonchev–Trinajstić information content (AvgIpc) is 2.72. The van der Waals surface area contributed by atoms with Crippen LogP contribution in [-0.4, -0.2) is 38.0 Å². The molecule has 1 aromatic heterocycles. The average molecular weight is 303 g/mol. The maximum atomic E-state index is 12.3. The first-order chi connectivity index (χ1) is 9.18. The van der Waals surface area contributed by atoms with Crippen LogP contribution in [0.2, 0.25) is 0 Å². The van der Waals surface area contributed by atoms with Gasteiger partial charge in [-0.2, -0.15) is 5.10 Å². The molecule has 0 unspecified atom stereocenters. The molecule has 0 saturated carbocycles. The lowest BCUT2D eigenvalue weighted by molar-refractivity contribution is 0.146. The van der Waals surface area contributed by atoms with E-state index in [1.54, 1.807) is 13.2 Å². The smallest absolute Gasteiger partial charge is 0.243 e. The fourth-order valence-electron chi connectivity index (χ4n) is 1.79. The maximum absolute atomic E-state index is 12.3. The molecular weight excluding hydrogens is 278 g/mol. The quantitative estimate of drug-likeness (QED) is 0.773. The molecule has 0 atom stereocenters. The van der Waals surface area contributed by atoms with Gasteiger partial charge in [0.15, 0.2) is 0 Å². The van der Waals surface area contributed by atoms with E-state index >= 15 is 0 Å². The second-order valence-corrected chi connectivity index (χ2v) is 7.45. The van der Waals surface area contributed by atoms with Crippen molar-refractivity contribution < 1.29 is 13.2 Å². The molecule has 0 amide bonds. The van der Waals surface area contributed by atoms with E-state index in [-0.39, 0.29) is 10.3 Å². The summed E-state index contributed by atoms with van der Waals surface area (Å²) in [6, 6.07) is 0. The van der Waals surface area contributed by atoms with Crippen LogP contribution in [0, 0.1) is 0 Å². The number of hydrogen-bond donors (Lipinski definition) is 1. The van der Waals surface area contributed by atoms with E-state index in [4.69, 9.17) is 4.74 Å². The van der Waals surface area contributed by atoms with Crippen LogP contribution in [0.1, 0.15) is 39.8 Å². The number of sulfonamides is 1.